The predicted octanol–water partition coefficient (Wildman–Crippen LogP) is 1.65. The Morgan fingerprint density at radius 1 is 1.17 bits per heavy atom. The van der Waals surface area contributed by atoms with Crippen molar-refractivity contribution in [3.8, 4) is 5.75 Å². The largest absolute Gasteiger partial charge is 0.482 e. The number of hydrogen-bond donors (Lipinski definition) is 0. The fourth-order valence-electron chi connectivity index (χ4n) is 2.75. The van der Waals surface area contributed by atoms with Crippen molar-refractivity contribution in [2.24, 2.45) is 5.92 Å². The van der Waals surface area contributed by atoms with Crippen molar-refractivity contribution >= 4 is 11.9 Å². The fourth-order valence-corrected chi connectivity index (χ4v) is 2.75. The van der Waals surface area contributed by atoms with Crippen LogP contribution >= 0.6 is 0 Å². The molecule has 1 amide bonds. The molecule has 24 heavy (non-hydrogen) atoms. The summed E-state index contributed by atoms with van der Waals surface area (Å²) in [5.74, 6) is 0.677. The van der Waals surface area contributed by atoms with Gasteiger partial charge < -0.3 is 14.4 Å². The smallest absolute Gasteiger partial charge is 0.343 e. The van der Waals surface area contributed by atoms with Gasteiger partial charge in [0.1, 0.15) is 5.75 Å². The van der Waals surface area contributed by atoms with Crippen LogP contribution in [0, 0.1) is 5.92 Å². The van der Waals surface area contributed by atoms with Crippen LogP contribution in [0.5, 0.6) is 5.75 Å². The lowest BCUT2D eigenvalue weighted by Gasteiger charge is -2.35. The quantitative estimate of drug-likeness (QED) is 0.741. The third-order valence-electron chi connectivity index (χ3n) is 3.95. The minimum Gasteiger partial charge on any atom is -0.482 e. The van der Waals surface area contributed by atoms with E-state index in [1.807, 2.05) is 4.90 Å². The van der Waals surface area contributed by atoms with E-state index in [2.05, 4.69) is 23.5 Å². The molecule has 0 N–H and O–H groups in total. The van der Waals surface area contributed by atoms with Crippen LogP contribution < -0.4 is 4.74 Å². The average Bonchev–Trinajstić information content (AvgIpc) is 2.59. The molecular weight excluding hydrogens is 308 g/mol. The number of carbonyl (C=O) groups is 2. The van der Waals surface area contributed by atoms with Crippen LogP contribution in [0.1, 0.15) is 24.2 Å². The third-order valence-corrected chi connectivity index (χ3v) is 3.95. The van der Waals surface area contributed by atoms with Gasteiger partial charge in [-0.1, -0.05) is 19.9 Å². The van der Waals surface area contributed by atoms with Crippen LogP contribution in [0.25, 0.3) is 0 Å². The zero-order valence-electron chi connectivity index (χ0n) is 14.7. The molecule has 0 bridgehead atoms. The summed E-state index contributed by atoms with van der Waals surface area (Å²) < 4.78 is 9.88. The Morgan fingerprint density at radius 3 is 2.50 bits per heavy atom. The Balaban J connectivity index is 1.92. The Morgan fingerprint density at radius 2 is 1.88 bits per heavy atom. The highest BCUT2D eigenvalue weighted by Crippen LogP contribution is 2.16. The molecule has 0 radical (unpaired) electrons. The predicted molar refractivity (Wildman–Crippen MR) is 91.1 cm³/mol. The van der Waals surface area contributed by atoms with Crippen LogP contribution in [0.4, 0.5) is 0 Å². The standard InChI is InChI=1S/C18H26N2O4/c1-14(2)12-19-7-9-20(10-8-19)18(22)15-5-4-6-16(11-15)24-13-17(21)23-3/h4-6,11,14H,7-10,12-13H2,1-3H3. The molecule has 132 valence electrons. The number of nitrogens with zero attached hydrogens (tertiary/aromatic N) is 2. The van der Waals surface area contributed by atoms with Gasteiger partial charge in [0.05, 0.1) is 7.11 Å². The van der Waals surface area contributed by atoms with Crippen molar-refractivity contribution in [2.75, 3.05) is 46.4 Å². The van der Waals surface area contributed by atoms with Crippen LogP contribution in [0.15, 0.2) is 24.3 Å². The number of methoxy groups -OCH3 is 1. The molecule has 1 fully saturated rings. The molecular formula is C18H26N2O4. The maximum absolute atomic E-state index is 12.6. The first-order chi connectivity index (χ1) is 11.5. The summed E-state index contributed by atoms with van der Waals surface area (Å²) in [4.78, 5) is 28.0. The summed E-state index contributed by atoms with van der Waals surface area (Å²) >= 11 is 0. The summed E-state index contributed by atoms with van der Waals surface area (Å²) in [6, 6.07) is 6.93. The molecule has 1 aliphatic rings. The SMILES string of the molecule is COC(=O)COc1cccc(C(=O)N2CCN(CC(C)C)CC2)c1. The summed E-state index contributed by atoms with van der Waals surface area (Å²) in [5.41, 5.74) is 0.578. The molecule has 0 atom stereocenters. The number of amides is 1. The van der Waals surface area contributed by atoms with Gasteiger partial charge in [0.25, 0.3) is 5.91 Å². The van der Waals surface area contributed by atoms with Gasteiger partial charge in [-0.3, -0.25) is 9.69 Å². The second kappa shape index (κ2) is 8.68. The number of piperazine rings is 1. The first kappa shape index (κ1) is 18.3. The van der Waals surface area contributed by atoms with Gasteiger partial charge in [-0.05, 0) is 24.1 Å². The number of rotatable bonds is 6. The minimum absolute atomic E-state index is 0.00251. The van der Waals surface area contributed by atoms with Crippen molar-refractivity contribution in [2.45, 2.75) is 13.8 Å². The topological polar surface area (TPSA) is 59.1 Å². The molecule has 0 spiro atoms. The number of benzene rings is 1. The number of hydrogen-bond acceptors (Lipinski definition) is 5. The first-order valence-electron chi connectivity index (χ1n) is 8.31. The monoisotopic (exact) mass is 334 g/mol. The molecule has 6 heteroatoms. The average molecular weight is 334 g/mol. The van der Waals surface area contributed by atoms with E-state index < -0.39 is 5.97 Å². The summed E-state index contributed by atoms with van der Waals surface area (Å²) in [6.07, 6.45) is 0. The lowest BCUT2D eigenvalue weighted by molar-refractivity contribution is -0.142. The second-order valence-electron chi connectivity index (χ2n) is 6.38. The Hall–Kier alpha value is -2.08. The molecule has 0 aliphatic carbocycles. The highest BCUT2D eigenvalue weighted by Gasteiger charge is 2.22. The maximum atomic E-state index is 12.6. The third kappa shape index (κ3) is 5.23. The minimum atomic E-state index is -0.451. The van der Waals surface area contributed by atoms with Crippen LogP contribution in [0.2, 0.25) is 0 Å². The molecule has 0 saturated carbocycles. The van der Waals surface area contributed by atoms with Crippen LogP contribution in [0.3, 0.4) is 0 Å². The summed E-state index contributed by atoms with van der Waals surface area (Å²) in [7, 11) is 1.31. The lowest BCUT2D eigenvalue weighted by Crippen LogP contribution is -2.49. The summed E-state index contributed by atoms with van der Waals surface area (Å²) in [5, 5.41) is 0. The van der Waals surface area contributed by atoms with Gasteiger partial charge >= 0.3 is 5.97 Å². The summed E-state index contributed by atoms with van der Waals surface area (Å²) in [6.45, 7) is 8.60. The zero-order valence-corrected chi connectivity index (χ0v) is 14.7. The first-order valence-corrected chi connectivity index (χ1v) is 8.31. The van der Waals surface area contributed by atoms with E-state index in [4.69, 9.17) is 4.74 Å². The van der Waals surface area contributed by atoms with Crippen LogP contribution in [-0.4, -0.2) is 68.1 Å². The highest BCUT2D eigenvalue weighted by atomic mass is 16.6. The molecule has 1 heterocycles. The van der Waals surface area contributed by atoms with Gasteiger partial charge in [-0.2, -0.15) is 0 Å². The number of carbonyl (C=O) groups excluding carboxylic acids is 2. The maximum Gasteiger partial charge on any atom is 0.343 e. The van der Waals surface area contributed by atoms with E-state index in [0.29, 0.717) is 17.2 Å². The highest BCUT2D eigenvalue weighted by molar-refractivity contribution is 5.94. The van der Waals surface area contributed by atoms with Gasteiger partial charge in [0, 0.05) is 38.3 Å². The lowest BCUT2D eigenvalue weighted by atomic mass is 10.1. The van der Waals surface area contributed by atoms with Crippen molar-refractivity contribution < 1.29 is 19.1 Å². The molecule has 2 rings (SSSR count). The van der Waals surface area contributed by atoms with E-state index in [1.54, 1.807) is 24.3 Å². The van der Waals surface area contributed by atoms with E-state index in [-0.39, 0.29) is 12.5 Å². The van der Waals surface area contributed by atoms with E-state index in [0.717, 1.165) is 32.7 Å². The van der Waals surface area contributed by atoms with E-state index >= 15 is 0 Å². The Bertz CT molecular complexity index is 566. The number of ether oxygens (including phenoxy) is 2. The van der Waals surface area contributed by atoms with Gasteiger partial charge in [0.2, 0.25) is 0 Å². The molecule has 0 aromatic heterocycles. The molecule has 1 aromatic rings. The molecule has 1 saturated heterocycles. The van der Waals surface area contributed by atoms with Gasteiger partial charge in [-0.15, -0.1) is 0 Å². The molecule has 1 aliphatic heterocycles. The fraction of sp³-hybridized carbons (Fsp3) is 0.556. The van der Waals surface area contributed by atoms with Gasteiger partial charge in [-0.25, -0.2) is 4.79 Å². The molecule has 1 aromatic carbocycles. The van der Waals surface area contributed by atoms with Crippen LogP contribution in [-0.2, 0) is 9.53 Å². The molecule has 6 nitrogen and oxygen atoms in total. The van der Waals surface area contributed by atoms with Crippen molar-refractivity contribution in [3.63, 3.8) is 0 Å². The van der Waals surface area contributed by atoms with Crippen molar-refractivity contribution in [1.82, 2.24) is 9.80 Å². The Kier molecular flexibility index (Phi) is 6.61. The van der Waals surface area contributed by atoms with E-state index in [1.165, 1.54) is 7.11 Å². The van der Waals surface area contributed by atoms with Crippen molar-refractivity contribution in [1.29, 1.82) is 0 Å². The Labute approximate surface area is 143 Å². The number of esters is 1. The van der Waals surface area contributed by atoms with Crippen molar-refractivity contribution in [3.05, 3.63) is 29.8 Å². The van der Waals surface area contributed by atoms with E-state index in [9.17, 15) is 9.59 Å². The molecule has 0 unspecified atom stereocenters. The van der Waals surface area contributed by atoms with Gasteiger partial charge in [0.15, 0.2) is 6.61 Å². The second-order valence-corrected chi connectivity index (χ2v) is 6.38. The zero-order chi connectivity index (χ0) is 17.5. The normalized spacial score (nSPS) is 15.4.